The van der Waals surface area contributed by atoms with Crippen molar-refractivity contribution in [3.63, 3.8) is 0 Å². The highest BCUT2D eigenvalue weighted by Gasteiger charge is 2.22. The molecule has 0 unspecified atom stereocenters. The Bertz CT molecular complexity index is 963. The SMILES string of the molecule is CCSc1cc(NCCO)nc(NC(=O)NS(=O)(=O)c2cc(C)c(CCOC)s2)c1. The number of hydrogen-bond donors (Lipinski definition) is 4. The van der Waals surface area contributed by atoms with Crippen molar-refractivity contribution in [3.05, 3.63) is 28.6 Å². The van der Waals surface area contributed by atoms with Gasteiger partial charge in [-0.25, -0.2) is 22.9 Å². The van der Waals surface area contributed by atoms with Crippen molar-refractivity contribution in [2.75, 3.05) is 43.3 Å². The van der Waals surface area contributed by atoms with Gasteiger partial charge in [-0.3, -0.25) is 5.32 Å². The Hall–Kier alpha value is -1.86. The van der Waals surface area contributed by atoms with E-state index in [-0.39, 0.29) is 16.6 Å². The number of thioether (sulfide) groups is 1. The van der Waals surface area contributed by atoms with Gasteiger partial charge in [0.25, 0.3) is 10.0 Å². The average molecular weight is 475 g/mol. The number of pyridine rings is 1. The minimum atomic E-state index is -4.02. The number of sulfonamides is 1. The van der Waals surface area contributed by atoms with E-state index in [1.807, 2.05) is 18.6 Å². The summed E-state index contributed by atoms with van der Waals surface area (Å²) in [5.74, 6) is 1.48. The zero-order valence-corrected chi connectivity index (χ0v) is 19.5. The molecule has 2 aromatic heterocycles. The first-order chi connectivity index (χ1) is 14.3. The summed E-state index contributed by atoms with van der Waals surface area (Å²) < 4.78 is 32.3. The van der Waals surface area contributed by atoms with E-state index in [1.54, 1.807) is 37.1 Å². The lowest BCUT2D eigenvalue weighted by Gasteiger charge is -2.11. The van der Waals surface area contributed by atoms with Gasteiger partial charge in [0.05, 0.1) is 13.2 Å². The number of carbonyl (C=O) groups is 1. The van der Waals surface area contributed by atoms with Crippen molar-refractivity contribution in [2.45, 2.75) is 29.4 Å². The predicted octanol–water partition coefficient (Wildman–Crippen LogP) is 2.67. The van der Waals surface area contributed by atoms with Crippen molar-refractivity contribution >= 4 is 50.8 Å². The summed E-state index contributed by atoms with van der Waals surface area (Å²) in [5, 5.41) is 14.4. The first-order valence-electron chi connectivity index (χ1n) is 9.20. The smallest absolute Gasteiger partial charge is 0.334 e. The molecule has 166 valence electrons. The number of nitrogens with zero attached hydrogens (tertiary/aromatic N) is 1. The van der Waals surface area contributed by atoms with Crippen molar-refractivity contribution in [1.82, 2.24) is 9.71 Å². The topological polar surface area (TPSA) is 130 Å². The second-order valence-electron chi connectivity index (χ2n) is 6.13. The zero-order valence-electron chi connectivity index (χ0n) is 17.0. The minimum absolute atomic E-state index is 0.0646. The molecule has 0 spiro atoms. The summed E-state index contributed by atoms with van der Waals surface area (Å²) >= 11 is 2.66. The van der Waals surface area contributed by atoms with Crippen LogP contribution in [0.2, 0.25) is 0 Å². The molecular weight excluding hydrogens is 448 g/mol. The second kappa shape index (κ2) is 11.5. The molecule has 0 radical (unpaired) electrons. The van der Waals surface area contributed by atoms with E-state index in [4.69, 9.17) is 9.84 Å². The lowest BCUT2D eigenvalue weighted by atomic mass is 10.2. The third-order valence-corrected chi connectivity index (χ3v) is 7.75. The molecule has 0 aliphatic rings. The van der Waals surface area contributed by atoms with Crippen LogP contribution in [0, 0.1) is 6.92 Å². The molecule has 9 nitrogen and oxygen atoms in total. The molecule has 0 atom stereocenters. The van der Waals surface area contributed by atoms with Crippen molar-refractivity contribution < 1.29 is 23.1 Å². The largest absolute Gasteiger partial charge is 0.395 e. The van der Waals surface area contributed by atoms with Gasteiger partial charge in [-0.05, 0) is 36.4 Å². The number of aliphatic hydroxyl groups is 1. The first-order valence-corrected chi connectivity index (χ1v) is 12.5. The van der Waals surface area contributed by atoms with E-state index in [1.165, 1.54) is 0 Å². The Labute approximate surface area is 184 Å². The van der Waals surface area contributed by atoms with Gasteiger partial charge >= 0.3 is 6.03 Å². The van der Waals surface area contributed by atoms with E-state index >= 15 is 0 Å². The number of methoxy groups -OCH3 is 1. The molecule has 0 fully saturated rings. The lowest BCUT2D eigenvalue weighted by molar-refractivity contribution is 0.203. The van der Waals surface area contributed by atoms with Gasteiger partial charge in [-0.2, -0.15) is 0 Å². The third-order valence-electron chi connectivity index (χ3n) is 3.79. The number of amides is 2. The average Bonchev–Trinajstić information content (AvgIpc) is 3.06. The summed E-state index contributed by atoms with van der Waals surface area (Å²) in [5.41, 5.74) is 0.836. The van der Waals surface area contributed by atoms with Crippen LogP contribution in [-0.2, 0) is 21.2 Å². The molecule has 2 rings (SSSR count). The van der Waals surface area contributed by atoms with Crippen LogP contribution in [0.3, 0.4) is 0 Å². The Kier molecular flexibility index (Phi) is 9.37. The van der Waals surface area contributed by atoms with Gasteiger partial charge in [0.2, 0.25) is 0 Å². The van der Waals surface area contributed by atoms with E-state index in [9.17, 15) is 13.2 Å². The summed E-state index contributed by atoms with van der Waals surface area (Å²) in [6.07, 6.45) is 0.601. The lowest BCUT2D eigenvalue weighted by Crippen LogP contribution is -2.34. The predicted molar refractivity (Wildman–Crippen MR) is 120 cm³/mol. The molecule has 0 saturated carbocycles. The molecule has 2 aromatic rings. The number of aliphatic hydroxyl groups excluding tert-OH is 1. The van der Waals surface area contributed by atoms with E-state index in [2.05, 4.69) is 15.6 Å². The van der Waals surface area contributed by atoms with Crippen LogP contribution in [0.5, 0.6) is 0 Å². The highest BCUT2D eigenvalue weighted by Crippen LogP contribution is 2.27. The van der Waals surface area contributed by atoms with Crippen LogP contribution >= 0.6 is 23.1 Å². The fourth-order valence-corrected chi connectivity index (χ4v) is 5.67. The Morgan fingerprint density at radius 1 is 1.30 bits per heavy atom. The number of ether oxygens (including phenoxy) is 1. The summed E-state index contributed by atoms with van der Waals surface area (Å²) in [7, 11) is -2.43. The number of rotatable bonds is 11. The fraction of sp³-hybridized carbons (Fsp3) is 0.444. The van der Waals surface area contributed by atoms with Gasteiger partial charge in [0.15, 0.2) is 0 Å². The minimum Gasteiger partial charge on any atom is -0.395 e. The van der Waals surface area contributed by atoms with Crippen LogP contribution in [-0.4, -0.2) is 57.2 Å². The van der Waals surface area contributed by atoms with Crippen molar-refractivity contribution in [2.24, 2.45) is 0 Å². The Morgan fingerprint density at radius 2 is 2.03 bits per heavy atom. The standard InChI is InChI=1S/C18H26N4O5S3/c1-4-28-13-10-15(19-6-7-23)20-16(11-13)21-18(24)22-30(25,26)17-9-12(2)14(29-17)5-8-27-3/h9-11,23H,4-8H2,1-3H3,(H3,19,20,21,22,24). The summed E-state index contributed by atoms with van der Waals surface area (Å²) in [4.78, 5) is 18.3. The summed E-state index contributed by atoms with van der Waals surface area (Å²) in [6.45, 7) is 4.53. The Balaban J connectivity index is 2.13. The molecule has 0 aromatic carbocycles. The van der Waals surface area contributed by atoms with Gasteiger partial charge in [0.1, 0.15) is 15.8 Å². The monoisotopic (exact) mass is 474 g/mol. The highest BCUT2D eigenvalue weighted by atomic mass is 32.2. The van der Waals surface area contributed by atoms with Crippen LogP contribution in [0.1, 0.15) is 17.4 Å². The maximum Gasteiger partial charge on any atom is 0.334 e. The number of urea groups is 1. The number of hydrogen-bond acceptors (Lipinski definition) is 9. The first kappa shape index (κ1) is 24.4. The normalized spacial score (nSPS) is 11.3. The molecule has 2 heterocycles. The van der Waals surface area contributed by atoms with Crippen molar-refractivity contribution in [1.29, 1.82) is 0 Å². The maximum atomic E-state index is 12.6. The number of carbonyl (C=O) groups excluding carboxylic acids is 1. The van der Waals surface area contributed by atoms with Gasteiger partial charge < -0.3 is 15.2 Å². The molecule has 12 heteroatoms. The zero-order chi connectivity index (χ0) is 22.1. The number of aryl methyl sites for hydroxylation is 1. The molecule has 0 aliphatic carbocycles. The number of aromatic nitrogens is 1. The second-order valence-corrected chi connectivity index (χ2v) is 10.5. The number of nitrogens with one attached hydrogen (secondary N) is 3. The van der Waals surface area contributed by atoms with Crippen molar-refractivity contribution in [3.8, 4) is 0 Å². The van der Waals surface area contributed by atoms with Gasteiger partial charge in [-0.15, -0.1) is 23.1 Å². The molecule has 2 amide bonds. The van der Waals surface area contributed by atoms with Crippen LogP contribution in [0.4, 0.5) is 16.4 Å². The number of anilines is 2. The van der Waals surface area contributed by atoms with Gasteiger partial charge in [0, 0.05) is 29.8 Å². The van der Waals surface area contributed by atoms with Gasteiger partial charge in [-0.1, -0.05) is 6.92 Å². The molecule has 0 saturated heterocycles. The Morgan fingerprint density at radius 3 is 2.70 bits per heavy atom. The summed E-state index contributed by atoms with van der Waals surface area (Å²) in [6, 6.07) is 4.08. The molecule has 0 aliphatic heterocycles. The molecule has 4 N–H and O–H groups in total. The van der Waals surface area contributed by atoms with E-state index in [0.29, 0.717) is 25.4 Å². The highest BCUT2D eigenvalue weighted by molar-refractivity contribution is 7.99. The third kappa shape index (κ3) is 7.13. The van der Waals surface area contributed by atoms with Crippen LogP contribution in [0.25, 0.3) is 0 Å². The molecular formula is C18H26N4O5S3. The fourth-order valence-electron chi connectivity index (χ4n) is 2.47. The van der Waals surface area contributed by atoms with Crippen LogP contribution < -0.4 is 15.4 Å². The quantitative estimate of drug-likeness (QED) is 0.366. The van der Waals surface area contributed by atoms with Crippen LogP contribution in [0.15, 0.2) is 27.3 Å². The van der Waals surface area contributed by atoms with E-state index < -0.39 is 16.1 Å². The maximum absolute atomic E-state index is 12.6. The van der Waals surface area contributed by atoms with E-state index in [0.717, 1.165) is 32.4 Å². The molecule has 0 bridgehead atoms. The number of thiophene rings is 1. The molecule has 30 heavy (non-hydrogen) atoms.